The van der Waals surface area contributed by atoms with Gasteiger partial charge in [-0.3, -0.25) is 0 Å². The maximum Gasteiger partial charge on any atom is 0.185 e. The molecule has 0 atom stereocenters. The second-order valence-electron chi connectivity index (χ2n) is 7.28. The molecule has 0 N–H and O–H groups in total. The highest BCUT2D eigenvalue weighted by atomic mass is 31.2. The molecule has 1 aliphatic heterocycles. The molecule has 1 nitrogen and oxygen atoms in total. The number of fused-ring (bicyclic) bond motifs is 1. The minimum Gasteiger partial charge on any atom is -0.351 e. The summed E-state index contributed by atoms with van der Waals surface area (Å²) in [6.07, 6.45) is 3.55. The van der Waals surface area contributed by atoms with Gasteiger partial charge in [-0.1, -0.05) is 32.9 Å². The lowest BCUT2D eigenvalue weighted by Gasteiger charge is -2.27. The Hall–Kier alpha value is -0.550. The molecule has 2 rings (SSSR count). The van der Waals surface area contributed by atoms with Crippen LogP contribution in [0.1, 0.15) is 37.5 Å². The zero-order chi connectivity index (χ0) is 13.6. The lowest BCUT2D eigenvalue weighted by molar-refractivity contribution is 0.410. The molecule has 1 aliphatic rings. The minimum absolute atomic E-state index is 0.350. The largest absolute Gasteiger partial charge is 0.351 e. The molecule has 1 aromatic carbocycles. The molecule has 1 aromatic rings. The maximum atomic E-state index is 6.25. The van der Waals surface area contributed by atoms with Crippen LogP contribution in [0.2, 0.25) is 0 Å². The van der Waals surface area contributed by atoms with Gasteiger partial charge in [0.25, 0.3) is 0 Å². The summed E-state index contributed by atoms with van der Waals surface area (Å²) in [4.78, 5) is 0. The molecule has 100 valence electrons. The first-order chi connectivity index (χ1) is 8.16. The SMILES string of the molecule is Cc1cc(CC(C)(C)C)cc2c1O[P+](C)(C)CC2. The lowest BCUT2D eigenvalue weighted by atomic mass is 9.86. The van der Waals surface area contributed by atoms with Crippen molar-refractivity contribution >= 4 is 7.49 Å². The molecule has 0 radical (unpaired) electrons. The zero-order valence-electron chi connectivity index (χ0n) is 12.6. The van der Waals surface area contributed by atoms with Crippen molar-refractivity contribution in [2.75, 3.05) is 19.5 Å². The molecule has 0 aromatic heterocycles. The summed E-state index contributed by atoms with van der Waals surface area (Å²) in [5.41, 5.74) is 4.55. The van der Waals surface area contributed by atoms with Gasteiger partial charge in [-0.25, -0.2) is 0 Å². The average Bonchev–Trinajstić information content (AvgIpc) is 2.16. The van der Waals surface area contributed by atoms with E-state index < -0.39 is 7.49 Å². The normalized spacial score (nSPS) is 18.1. The van der Waals surface area contributed by atoms with Crippen molar-refractivity contribution in [3.8, 4) is 5.75 Å². The van der Waals surface area contributed by atoms with Crippen LogP contribution in [0.3, 0.4) is 0 Å². The van der Waals surface area contributed by atoms with Crippen LogP contribution in [0, 0.1) is 12.3 Å². The van der Waals surface area contributed by atoms with Gasteiger partial charge in [0.15, 0.2) is 13.2 Å². The van der Waals surface area contributed by atoms with E-state index in [1.54, 1.807) is 0 Å². The second kappa shape index (κ2) is 4.53. The van der Waals surface area contributed by atoms with Gasteiger partial charge >= 0.3 is 0 Å². The van der Waals surface area contributed by atoms with E-state index in [9.17, 15) is 0 Å². The number of aryl methyl sites for hydroxylation is 2. The smallest absolute Gasteiger partial charge is 0.185 e. The summed E-state index contributed by atoms with van der Waals surface area (Å²) in [6, 6.07) is 4.68. The topological polar surface area (TPSA) is 9.23 Å². The maximum absolute atomic E-state index is 6.25. The van der Waals surface area contributed by atoms with E-state index in [0.29, 0.717) is 5.41 Å². The second-order valence-corrected chi connectivity index (χ2v) is 11.1. The third-order valence-electron chi connectivity index (χ3n) is 3.40. The van der Waals surface area contributed by atoms with Crippen LogP contribution in [-0.4, -0.2) is 19.5 Å². The fraction of sp³-hybridized carbons (Fsp3) is 0.625. The van der Waals surface area contributed by atoms with E-state index in [0.717, 1.165) is 6.42 Å². The number of hydrogen-bond acceptors (Lipinski definition) is 1. The fourth-order valence-corrected chi connectivity index (χ4v) is 4.27. The summed E-state index contributed by atoms with van der Waals surface area (Å²) in [5.74, 6) is 1.18. The van der Waals surface area contributed by atoms with Crippen molar-refractivity contribution in [2.45, 2.75) is 40.5 Å². The summed E-state index contributed by atoms with van der Waals surface area (Å²) < 4.78 is 6.25. The van der Waals surface area contributed by atoms with Crippen LogP contribution in [-0.2, 0) is 12.8 Å². The molecule has 0 amide bonds. The highest BCUT2D eigenvalue weighted by Crippen LogP contribution is 2.57. The molecule has 0 aliphatic carbocycles. The van der Waals surface area contributed by atoms with Crippen LogP contribution >= 0.6 is 7.49 Å². The Labute approximate surface area is 112 Å². The Morgan fingerprint density at radius 2 is 1.89 bits per heavy atom. The Balaban J connectivity index is 2.33. The van der Waals surface area contributed by atoms with Crippen molar-refractivity contribution in [2.24, 2.45) is 5.41 Å². The van der Waals surface area contributed by atoms with Crippen molar-refractivity contribution in [3.63, 3.8) is 0 Å². The Bertz CT molecular complexity index is 455. The summed E-state index contributed by atoms with van der Waals surface area (Å²) in [5, 5.41) is 0. The van der Waals surface area contributed by atoms with E-state index in [1.165, 1.54) is 35.0 Å². The highest BCUT2D eigenvalue weighted by Gasteiger charge is 2.35. The zero-order valence-corrected chi connectivity index (χ0v) is 13.5. The van der Waals surface area contributed by atoms with E-state index in [-0.39, 0.29) is 0 Å². The van der Waals surface area contributed by atoms with Crippen molar-refractivity contribution < 1.29 is 4.52 Å². The van der Waals surface area contributed by atoms with Gasteiger partial charge in [0.1, 0.15) is 0 Å². The number of benzene rings is 1. The molecule has 0 fully saturated rings. The third kappa shape index (κ3) is 3.26. The van der Waals surface area contributed by atoms with Crippen LogP contribution in [0.5, 0.6) is 5.75 Å². The van der Waals surface area contributed by atoms with Gasteiger partial charge in [0, 0.05) is 12.0 Å². The minimum atomic E-state index is -1.15. The van der Waals surface area contributed by atoms with Crippen molar-refractivity contribution in [3.05, 3.63) is 28.8 Å². The van der Waals surface area contributed by atoms with Gasteiger partial charge < -0.3 is 4.52 Å². The molecule has 0 unspecified atom stereocenters. The molecule has 0 spiro atoms. The standard InChI is InChI=1S/C16H26OP/c1-12-9-13(11-16(2,3)4)10-14-7-8-18(5,6)17-15(12)14/h9-10H,7-8,11H2,1-6H3/q+1. The highest BCUT2D eigenvalue weighted by molar-refractivity contribution is 7.70. The Kier molecular flexibility index (Phi) is 3.49. The number of hydrogen-bond donors (Lipinski definition) is 0. The molecule has 0 saturated carbocycles. The van der Waals surface area contributed by atoms with Gasteiger partial charge in [-0.15, -0.1) is 0 Å². The predicted molar refractivity (Wildman–Crippen MR) is 82.3 cm³/mol. The lowest BCUT2D eigenvalue weighted by Crippen LogP contribution is -2.15. The quantitative estimate of drug-likeness (QED) is 0.668. The third-order valence-corrected chi connectivity index (χ3v) is 5.38. The summed E-state index contributed by atoms with van der Waals surface area (Å²) in [7, 11) is -1.15. The van der Waals surface area contributed by atoms with E-state index in [2.05, 4.69) is 53.2 Å². The molecule has 18 heavy (non-hydrogen) atoms. The summed E-state index contributed by atoms with van der Waals surface area (Å²) in [6.45, 7) is 13.7. The summed E-state index contributed by atoms with van der Waals surface area (Å²) >= 11 is 0. The van der Waals surface area contributed by atoms with Crippen molar-refractivity contribution in [1.29, 1.82) is 0 Å². The van der Waals surface area contributed by atoms with Gasteiger partial charge in [0.05, 0.1) is 19.5 Å². The van der Waals surface area contributed by atoms with Gasteiger partial charge in [-0.05, 0) is 29.9 Å². The average molecular weight is 265 g/mol. The first kappa shape index (κ1) is 13.9. The van der Waals surface area contributed by atoms with E-state index in [4.69, 9.17) is 4.52 Å². The molecule has 1 heterocycles. The van der Waals surface area contributed by atoms with E-state index in [1.807, 2.05) is 0 Å². The molecular formula is C16H26OP+. The number of rotatable bonds is 1. The Morgan fingerprint density at radius 3 is 2.50 bits per heavy atom. The molecular weight excluding hydrogens is 239 g/mol. The predicted octanol–water partition coefficient (Wildman–Crippen LogP) is 4.71. The monoisotopic (exact) mass is 265 g/mol. The van der Waals surface area contributed by atoms with Gasteiger partial charge in [0.2, 0.25) is 0 Å². The fourth-order valence-electron chi connectivity index (χ4n) is 2.64. The first-order valence-corrected chi connectivity index (χ1v) is 9.60. The van der Waals surface area contributed by atoms with Crippen molar-refractivity contribution in [1.82, 2.24) is 0 Å². The molecule has 2 heteroatoms. The van der Waals surface area contributed by atoms with Crippen LogP contribution in [0.15, 0.2) is 12.1 Å². The van der Waals surface area contributed by atoms with Crippen LogP contribution in [0.25, 0.3) is 0 Å². The first-order valence-electron chi connectivity index (χ1n) is 6.81. The van der Waals surface area contributed by atoms with E-state index >= 15 is 0 Å². The van der Waals surface area contributed by atoms with Crippen LogP contribution in [0.4, 0.5) is 0 Å². The van der Waals surface area contributed by atoms with Crippen LogP contribution < -0.4 is 4.52 Å². The Morgan fingerprint density at radius 1 is 1.22 bits per heavy atom. The molecule has 0 bridgehead atoms. The molecule has 0 saturated heterocycles. The van der Waals surface area contributed by atoms with Gasteiger partial charge in [-0.2, -0.15) is 0 Å².